The molecule has 0 saturated carbocycles. The highest BCUT2D eigenvalue weighted by Gasteiger charge is 2.35. The van der Waals surface area contributed by atoms with Crippen LogP contribution in [-0.4, -0.2) is 13.1 Å². The smallest absolute Gasteiger partial charge is 0.00178 e. The van der Waals surface area contributed by atoms with Gasteiger partial charge in [0.05, 0.1) is 0 Å². The van der Waals surface area contributed by atoms with Gasteiger partial charge < -0.3 is 5.32 Å². The first-order valence-corrected chi connectivity index (χ1v) is 4.78. The van der Waals surface area contributed by atoms with Crippen molar-refractivity contribution in [3.8, 4) is 0 Å². The second-order valence-electron chi connectivity index (χ2n) is 4.52. The van der Waals surface area contributed by atoms with Gasteiger partial charge in [-0.25, -0.2) is 0 Å². The lowest BCUT2D eigenvalue weighted by Crippen LogP contribution is -2.44. The van der Waals surface area contributed by atoms with Crippen molar-refractivity contribution < 1.29 is 0 Å². The van der Waals surface area contributed by atoms with E-state index in [0.717, 1.165) is 11.8 Å². The molecule has 1 aliphatic rings. The second-order valence-corrected chi connectivity index (χ2v) is 4.52. The van der Waals surface area contributed by atoms with Crippen LogP contribution in [0.2, 0.25) is 0 Å². The molecule has 0 unspecified atom stereocenters. The summed E-state index contributed by atoms with van der Waals surface area (Å²) < 4.78 is 0. The Balaban J connectivity index is 2.64. The quantitative estimate of drug-likeness (QED) is 0.612. The van der Waals surface area contributed by atoms with E-state index in [2.05, 4.69) is 33.0 Å². The molecule has 66 valence electrons. The van der Waals surface area contributed by atoms with Crippen molar-refractivity contribution in [2.75, 3.05) is 13.1 Å². The minimum Gasteiger partial charge on any atom is -0.316 e. The third-order valence-electron chi connectivity index (χ3n) is 3.74. The summed E-state index contributed by atoms with van der Waals surface area (Å²) in [6.07, 6.45) is 1.34. The normalized spacial score (nSPS) is 39.5. The van der Waals surface area contributed by atoms with Crippen LogP contribution in [0.1, 0.15) is 34.1 Å². The molecule has 1 aliphatic heterocycles. The van der Waals surface area contributed by atoms with E-state index < -0.39 is 0 Å². The van der Waals surface area contributed by atoms with Crippen LogP contribution in [0.5, 0.6) is 0 Å². The van der Waals surface area contributed by atoms with Gasteiger partial charge in [0.15, 0.2) is 0 Å². The third-order valence-corrected chi connectivity index (χ3v) is 3.74. The Bertz CT molecular complexity index is 131. The number of rotatable bonds is 1. The lowest BCUT2D eigenvalue weighted by atomic mass is 9.66. The van der Waals surface area contributed by atoms with Crippen LogP contribution in [0, 0.1) is 17.3 Å². The fraction of sp³-hybridized carbons (Fsp3) is 1.00. The Hall–Kier alpha value is -0.0400. The summed E-state index contributed by atoms with van der Waals surface area (Å²) in [7, 11) is 0. The summed E-state index contributed by atoms with van der Waals surface area (Å²) in [5, 5.41) is 3.44. The van der Waals surface area contributed by atoms with Gasteiger partial charge >= 0.3 is 0 Å². The van der Waals surface area contributed by atoms with E-state index in [-0.39, 0.29) is 0 Å². The molecule has 0 aromatic heterocycles. The van der Waals surface area contributed by atoms with Gasteiger partial charge in [-0.2, -0.15) is 0 Å². The van der Waals surface area contributed by atoms with Crippen LogP contribution < -0.4 is 5.32 Å². The molecule has 1 heteroatoms. The molecule has 1 heterocycles. The van der Waals surface area contributed by atoms with Crippen LogP contribution >= 0.6 is 0 Å². The number of hydrogen-bond donors (Lipinski definition) is 1. The average Bonchev–Trinajstić information content (AvgIpc) is 1.95. The van der Waals surface area contributed by atoms with Gasteiger partial charge in [-0.3, -0.25) is 0 Å². The fourth-order valence-corrected chi connectivity index (χ4v) is 2.01. The highest BCUT2D eigenvalue weighted by molar-refractivity contribution is 4.88. The Morgan fingerprint density at radius 2 is 2.09 bits per heavy atom. The second kappa shape index (κ2) is 3.14. The van der Waals surface area contributed by atoms with E-state index in [4.69, 9.17) is 0 Å². The Morgan fingerprint density at radius 3 is 2.45 bits per heavy atom. The van der Waals surface area contributed by atoms with Crippen LogP contribution in [0.15, 0.2) is 0 Å². The summed E-state index contributed by atoms with van der Waals surface area (Å²) in [6, 6.07) is 0. The van der Waals surface area contributed by atoms with Crippen molar-refractivity contribution in [2.24, 2.45) is 17.3 Å². The van der Waals surface area contributed by atoms with Crippen molar-refractivity contribution in [1.82, 2.24) is 5.32 Å². The predicted molar refractivity (Wildman–Crippen MR) is 49.6 cm³/mol. The highest BCUT2D eigenvalue weighted by atomic mass is 14.9. The maximum Gasteiger partial charge on any atom is -0.00178 e. The lowest BCUT2D eigenvalue weighted by molar-refractivity contribution is 0.0845. The van der Waals surface area contributed by atoms with Crippen molar-refractivity contribution in [1.29, 1.82) is 0 Å². The molecule has 1 fully saturated rings. The van der Waals surface area contributed by atoms with E-state index >= 15 is 0 Å². The topological polar surface area (TPSA) is 12.0 Å². The molecule has 0 radical (unpaired) electrons. The average molecular weight is 155 g/mol. The number of piperidine rings is 1. The molecule has 1 nitrogen and oxygen atoms in total. The number of nitrogens with one attached hydrogen (secondary N) is 1. The molecule has 1 saturated heterocycles. The highest BCUT2D eigenvalue weighted by Crippen LogP contribution is 2.39. The van der Waals surface area contributed by atoms with Crippen LogP contribution in [0.4, 0.5) is 0 Å². The zero-order valence-corrected chi connectivity index (χ0v) is 8.28. The van der Waals surface area contributed by atoms with Crippen LogP contribution in [0.25, 0.3) is 0 Å². The number of hydrogen-bond acceptors (Lipinski definition) is 1. The van der Waals surface area contributed by atoms with E-state index in [0.29, 0.717) is 5.41 Å². The Morgan fingerprint density at radius 1 is 1.45 bits per heavy atom. The zero-order valence-electron chi connectivity index (χ0n) is 8.28. The molecular formula is C10H21N. The van der Waals surface area contributed by atoms with E-state index in [1.54, 1.807) is 0 Å². The van der Waals surface area contributed by atoms with Gasteiger partial charge in [0.2, 0.25) is 0 Å². The third kappa shape index (κ3) is 1.58. The van der Waals surface area contributed by atoms with Crippen molar-refractivity contribution in [3.63, 3.8) is 0 Å². The summed E-state index contributed by atoms with van der Waals surface area (Å²) in [5.74, 6) is 1.65. The minimum absolute atomic E-state index is 0.575. The molecule has 0 amide bonds. The molecule has 0 spiro atoms. The molecule has 1 rings (SSSR count). The first-order chi connectivity index (χ1) is 5.07. The van der Waals surface area contributed by atoms with E-state index in [1.165, 1.54) is 19.5 Å². The van der Waals surface area contributed by atoms with Gasteiger partial charge in [-0.15, -0.1) is 0 Å². The minimum atomic E-state index is 0.575. The first kappa shape index (κ1) is 9.05. The molecular weight excluding hydrogens is 134 g/mol. The Labute approximate surface area is 70.6 Å². The molecule has 0 aromatic carbocycles. The van der Waals surface area contributed by atoms with Gasteiger partial charge in [-0.1, -0.05) is 27.7 Å². The van der Waals surface area contributed by atoms with Crippen molar-refractivity contribution in [2.45, 2.75) is 34.1 Å². The maximum absolute atomic E-state index is 3.44. The fourth-order valence-electron chi connectivity index (χ4n) is 2.01. The zero-order chi connectivity index (χ0) is 8.48. The standard InChI is InChI=1S/C10H21N/c1-8(2)10(4)5-6-11-7-9(10)3/h8-9,11H,5-7H2,1-4H3/t9-,10+/m1/s1. The summed E-state index contributed by atoms with van der Waals surface area (Å²) in [6.45, 7) is 11.9. The molecule has 0 aliphatic carbocycles. The van der Waals surface area contributed by atoms with Gasteiger partial charge in [0, 0.05) is 0 Å². The van der Waals surface area contributed by atoms with E-state index in [9.17, 15) is 0 Å². The Kier molecular flexibility index (Phi) is 2.58. The largest absolute Gasteiger partial charge is 0.316 e. The van der Waals surface area contributed by atoms with Crippen molar-refractivity contribution >= 4 is 0 Å². The van der Waals surface area contributed by atoms with Gasteiger partial charge in [0.1, 0.15) is 0 Å². The van der Waals surface area contributed by atoms with Crippen molar-refractivity contribution in [3.05, 3.63) is 0 Å². The SMILES string of the molecule is CC(C)[C@]1(C)CCNC[C@H]1C. The van der Waals surface area contributed by atoms with Crippen LogP contribution in [0.3, 0.4) is 0 Å². The monoisotopic (exact) mass is 155 g/mol. The van der Waals surface area contributed by atoms with Gasteiger partial charge in [-0.05, 0) is 36.8 Å². The van der Waals surface area contributed by atoms with Crippen LogP contribution in [-0.2, 0) is 0 Å². The van der Waals surface area contributed by atoms with E-state index in [1.807, 2.05) is 0 Å². The first-order valence-electron chi connectivity index (χ1n) is 4.78. The molecule has 0 bridgehead atoms. The maximum atomic E-state index is 3.44. The summed E-state index contributed by atoms with van der Waals surface area (Å²) in [5.41, 5.74) is 0.575. The molecule has 0 aromatic rings. The molecule has 1 N–H and O–H groups in total. The predicted octanol–water partition coefficient (Wildman–Crippen LogP) is 2.28. The summed E-state index contributed by atoms with van der Waals surface area (Å²) in [4.78, 5) is 0. The summed E-state index contributed by atoms with van der Waals surface area (Å²) >= 11 is 0. The molecule has 2 atom stereocenters. The lowest BCUT2D eigenvalue weighted by Gasteiger charge is -2.43. The van der Waals surface area contributed by atoms with Gasteiger partial charge in [0.25, 0.3) is 0 Å². The molecule has 11 heavy (non-hydrogen) atoms.